The molecule has 5 nitrogen and oxygen atoms in total. The summed E-state index contributed by atoms with van der Waals surface area (Å²) in [5.41, 5.74) is 0.538. The monoisotopic (exact) mass is 296 g/mol. The van der Waals surface area contributed by atoms with Crippen molar-refractivity contribution in [1.82, 2.24) is 15.5 Å². The van der Waals surface area contributed by atoms with E-state index in [9.17, 15) is 0 Å². The van der Waals surface area contributed by atoms with Gasteiger partial charge in [-0.15, -0.1) is 0 Å². The van der Waals surface area contributed by atoms with Crippen LogP contribution in [0.1, 0.15) is 39.0 Å². The van der Waals surface area contributed by atoms with Crippen molar-refractivity contribution < 1.29 is 4.74 Å². The number of rotatable bonds is 7. The van der Waals surface area contributed by atoms with E-state index in [4.69, 9.17) is 4.74 Å². The first kappa shape index (κ1) is 16.6. The summed E-state index contributed by atoms with van der Waals surface area (Å²) >= 11 is 0. The van der Waals surface area contributed by atoms with Gasteiger partial charge in [0.05, 0.1) is 13.2 Å². The molecule has 1 heterocycles. The highest BCUT2D eigenvalue weighted by atomic mass is 16.5. The topological polar surface area (TPSA) is 48.9 Å². The molecule has 5 heteroatoms. The molecule has 0 radical (unpaired) electrons. The maximum Gasteiger partial charge on any atom is 0.191 e. The first-order valence-corrected chi connectivity index (χ1v) is 8.53. The second-order valence-corrected chi connectivity index (χ2v) is 6.41. The summed E-state index contributed by atoms with van der Waals surface area (Å²) in [5.74, 6) is 0.950. The Hall–Kier alpha value is -0.810. The number of nitrogens with zero attached hydrogens (tertiary/aromatic N) is 2. The van der Waals surface area contributed by atoms with Gasteiger partial charge in [0.1, 0.15) is 0 Å². The van der Waals surface area contributed by atoms with Crippen LogP contribution in [-0.2, 0) is 4.74 Å². The molecule has 0 unspecified atom stereocenters. The second-order valence-electron chi connectivity index (χ2n) is 6.41. The quantitative estimate of drug-likeness (QED) is 0.551. The van der Waals surface area contributed by atoms with E-state index < -0.39 is 0 Å². The van der Waals surface area contributed by atoms with Gasteiger partial charge in [0.15, 0.2) is 5.96 Å². The lowest BCUT2D eigenvalue weighted by molar-refractivity contribution is 0.0389. The predicted molar refractivity (Wildman–Crippen MR) is 87.8 cm³/mol. The third kappa shape index (κ3) is 5.15. The first-order valence-electron chi connectivity index (χ1n) is 8.53. The van der Waals surface area contributed by atoms with Gasteiger partial charge in [0.25, 0.3) is 0 Å². The van der Waals surface area contributed by atoms with E-state index in [0.717, 1.165) is 51.9 Å². The molecule has 1 aliphatic heterocycles. The molecule has 2 aliphatic rings. The first-order chi connectivity index (χ1) is 10.3. The van der Waals surface area contributed by atoms with E-state index in [2.05, 4.69) is 27.4 Å². The van der Waals surface area contributed by atoms with Crippen molar-refractivity contribution in [3.05, 3.63) is 0 Å². The van der Waals surface area contributed by atoms with Crippen LogP contribution in [0.15, 0.2) is 4.99 Å². The molecular weight excluding hydrogens is 264 g/mol. The van der Waals surface area contributed by atoms with Gasteiger partial charge in [-0.25, -0.2) is 0 Å². The third-order valence-corrected chi connectivity index (χ3v) is 4.87. The number of hydrogen-bond donors (Lipinski definition) is 2. The standard InChI is InChI=1S/C16H32N4O/c1-3-5-16(6-4-7-16)14-19-15(17-2)18-8-9-20-10-12-21-13-11-20/h3-14H2,1-2H3,(H2,17,18,19). The van der Waals surface area contributed by atoms with Crippen molar-refractivity contribution in [2.45, 2.75) is 39.0 Å². The highest BCUT2D eigenvalue weighted by Crippen LogP contribution is 2.44. The van der Waals surface area contributed by atoms with Crippen LogP contribution < -0.4 is 10.6 Å². The summed E-state index contributed by atoms with van der Waals surface area (Å²) in [6, 6.07) is 0. The lowest BCUT2D eigenvalue weighted by Crippen LogP contribution is -2.48. The fourth-order valence-electron chi connectivity index (χ4n) is 3.37. The predicted octanol–water partition coefficient (Wildman–Crippen LogP) is 1.45. The van der Waals surface area contributed by atoms with Crippen molar-refractivity contribution in [1.29, 1.82) is 0 Å². The summed E-state index contributed by atoms with van der Waals surface area (Å²) in [4.78, 5) is 6.78. The molecule has 0 aromatic heterocycles. The van der Waals surface area contributed by atoms with E-state index >= 15 is 0 Å². The Morgan fingerprint density at radius 2 is 2.00 bits per heavy atom. The molecule has 2 N–H and O–H groups in total. The number of aliphatic imine (C=N–C) groups is 1. The summed E-state index contributed by atoms with van der Waals surface area (Å²) in [5, 5.41) is 6.97. The van der Waals surface area contributed by atoms with Gasteiger partial charge in [0.2, 0.25) is 0 Å². The molecule has 1 aliphatic carbocycles. The maximum absolute atomic E-state index is 5.37. The fourth-order valence-corrected chi connectivity index (χ4v) is 3.37. The van der Waals surface area contributed by atoms with Gasteiger partial charge >= 0.3 is 0 Å². The van der Waals surface area contributed by atoms with Gasteiger partial charge in [0, 0.05) is 39.8 Å². The molecule has 0 atom stereocenters. The zero-order valence-corrected chi connectivity index (χ0v) is 13.8. The highest BCUT2D eigenvalue weighted by molar-refractivity contribution is 5.79. The minimum atomic E-state index is 0.538. The molecule has 0 aromatic rings. The van der Waals surface area contributed by atoms with Crippen LogP contribution in [-0.4, -0.2) is 63.8 Å². The maximum atomic E-state index is 5.37. The minimum Gasteiger partial charge on any atom is -0.379 e. The van der Waals surface area contributed by atoms with Crippen LogP contribution in [0.3, 0.4) is 0 Å². The van der Waals surface area contributed by atoms with Crippen molar-refractivity contribution in [3.8, 4) is 0 Å². The summed E-state index contributed by atoms with van der Waals surface area (Å²) in [7, 11) is 1.86. The summed E-state index contributed by atoms with van der Waals surface area (Å²) in [6.07, 6.45) is 6.76. The van der Waals surface area contributed by atoms with E-state index in [-0.39, 0.29) is 0 Å². The Balaban J connectivity index is 1.63. The summed E-state index contributed by atoms with van der Waals surface area (Å²) in [6.45, 7) is 9.19. The molecule has 2 rings (SSSR count). The van der Waals surface area contributed by atoms with Crippen LogP contribution >= 0.6 is 0 Å². The lowest BCUT2D eigenvalue weighted by atomic mass is 9.66. The largest absolute Gasteiger partial charge is 0.379 e. The average molecular weight is 296 g/mol. The Morgan fingerprint density at radius 1 is 1.24 bits per heavy atom. The molecule has 122 valence electrons. The number of guanidine groups is 1. The average Bonchev–Trinajstić information content (AvgIpc) is 2.48. The van der Waals surface area contributed by atoms with Crippen molar-refractivity contribution >= 4 is 5.96 Å². The second kappa shape index (κ2) is 8.59. The normalized spacial score (nSPS) is 22.7. The van der Waals surface area contributed by atoms with E-state index in [0.29, 0.717) is 5.41 Å². The van der Waals surface area contributed by atoms with Gasteiger partial charge in [-0.2, -0.15) is 0 Å². The van der Waals surface area contributed by atoms with Crippen LogP contribution in [0.5, 0.6) is 0 Å². The third-order valence-electron chi connectivity index (χ3n) is 4.87. The molecule has 1 saturated heterocycles. The van der Waals surface area contributed by atoms with Crippen LogP contribution in [0.4, 0.5) is 0 Å². The van der Waals surface area contributed by atoms with Gasteiger partial charge in [-0.3, -0.25) is 9.89 Å². The van der Waals surface area contributed by atoms with Crippen LogP contribution in [0.25, 0.3) is 0 Å². The lowest BCUT2D eigenvalue weighted by Gasteiger charge is -2.42. The molecule has 0 aromatic carbocycles. The molecule has 0 bridgehead atoms. The minimum absolute atomic E-state index is 0.538. The molecule has 1 saturated carbocycles. The number of hydrogen-bond acceptors (Lipinski definition) is 3. The Labute approximate surface area is 129 Å². The molecule has 2 fully saturated rings. The molecule has 0 spiro atoms. The van der Waals surface area contributed by atoms with E-state index in [1.54, 1.807) is 0 Å². The van der Waals surface area contributed by atoms with E-state index in [1.165, 1.54) is 32.1 Å². The zero-order chi connectivity index (χ0) is 15.0. The van der Waals surface area contributed by atoms with Gasteiger partial charge in [-0.1, -0.05) is 19.8 Å². The zero-order valence-electron chi connectivity index (χ0n) is 13.8. The summed E-state index contributed by atoms with van der Waals surface area (Å²) < 4.78 is 5.37. The van der Waals surface area contributed by atoms with Crippen molar-refractivity contribution in [2.24, 2.45) is 10.4 Å². The molecular formula is C16H32N4O. The molecule has 0 amide bonds. The number of nitrogens with one attached hydrogen (secondary N) is 2. The smallest absolute Gasteiger partial charge is 0.191 e. The Kier molecular flexibility index (Phi) is 6.77. The fraction of sp³-hybridized carbons (Fsp3) is 0.938. The Bertz CT molecular complexity index is 322. The SMILES string of the molecule is CCCC1(CNC(=NC)NCCN2CCOCC2)CCC1. The van der Waals surface area contributed by atoms with Gasteiger partial charge < -0.3 is 15.4 Å². The van der Waals surface area contributed by atoms with Gasteiger partial charge in [-0.05, 0) is 24.7 Å². The van der Waals surface area contributed by atoms with Crippen molar-refractivity contribution in [3.63, 3.8) is 0 Å². The molecule has 21 heavy (non-hydrogen) atoms. The Morgan fingerprint density at radius 3 is 2.57 bits per heavy atom. The highest BCUT2D eigenvalue weighted by Gasteiger charge is 2.35. The number of ether oxygens (including phenoxy) is 1. The number of morpholine rings is 1. The van der Waals surface area contributed by atoms with Crippen LogP contribution in [0.2, 0.25) is 0 Å². The van der Waals surface area contributed by atoms with Crippen LogP contribution in [0, 0.1) is 5.41 Å². The van der Waals surface area contributed by atoms with E-state index in [1.807, 2.05) is 7.05 Å². The van der Waals surface area contributed by atoms with Crippen molar-refractivity contribution in [2.75, 3.05) is 53.0 Å².